The van der Waals surface area contributed by atoms with Crippen LogP contribution < -0.4 is 5.32 Å². The summed E-state index contributed by atoms with van der Waals surface area (Å²) in [5, 5.41) is 9.09. The summed E-state index contributed by atoms with van der Waals surface area (Å²) in [5.74, 6) is 0. The van der Waals surface area contributed by atoms with Crippen molar-refractivity contribution < 1.29 is 0 Å². The van der Waals surface area contributed by atoms with E-state index in [9.17, 15) is 0 Å². The van der Waals surface area contributed by atoms with E-state index >= 15 is 0 Å². The Morgan fingerprint density at radius 1 is 0.413 bits per heavy atom. The lowest BCUT2D eigenvalue weighted by Crippen LogP contribution is -2.11. The summed E-state index contributed by atoms with van der Waals surface area (Å²) in [6.07, 6.45) is 0. The number of hydrogen-bond donors (Lipinski definition) is 1. The lowest BCUT2D eigenvalue weighted by molar-refractivity contribution is 0.590. The van der Waals surface area contributed by atoms with Crippen molar-refractivity contribution in [1.82, 2.24) is 4.57 Å². The topological polar surface area (TPSA) is 17.0 Å². The van der Waals surface area contributed by atoms with Gasteiger partial charge in [-0.25, -0.2) is 0 Å². The second-order valence-electron chi connectivity index (χ2n) is 20.4. The zero-order valence-electron chi connectivity index (χ0n) is 38.0. The van der Waals surface area contributed by atoms with Gasteiger partial charge in [0.05, 0.1) is 16.7 Å². The fraction of sp³-hybridized carbons (Fsp3) is 0.200. The fourth-order valence-electron chi connectivity index (χ4n) is 9.31. The van der Waals surface area contributed by atoms with Gasteiger partial charge in [-0.15, -0.1) is 11.3 Å². The molecular formula is C60H56N2S. The van der Waals surface area contributed by atoms with Crippen molar-refractivity contribution in [2.75, 3.05) is 5.32 Å². The van der Waals surface area contributed by atoms with E-state index in [4.69, 9.17) is 0 Å². The molecule has 0 fully saturated rings. The first-order chi connectivity index (χ1) is 30.1. The second-order valence-corrected chi connectivity index (χ2v) is 21.4. The van der Waals surface area contributed by atoms with Gasteiger partial charge in [0.2, 0.25) is 0 Å². The monoisotopic (exact) mass is 836 g/mol. The molecule has 0 saturated heterocycles. The van der Waals surface area contributed by atoms with E-state index in [0.29, 0.717) is 0 Å². The Morgan fingerprint density at radius 3 is 1.65 bits per heavy atom. The molecule has 63 heavy (non-hydrogen) atoms. The summed E-state index contributed by atoms with van der Waals surface area (Å²) >= 11 is 1.89. The van der Waals surface area contributed by atoms with E-state index in [1.54, 1.807) is 0 Å². The average Bonchev–Trinajstić information content (AvgIpc) is 3.81. The van der Waals surface area contributed by atoms with Crippen molar-refractivity contribution in [2.45, 2.75) is 78.6 Å². The molecule has 10 aromatic rings. The maximum Gasteiger partial charge on any atom is 0.0546 e. The predicted octanol–water partition coefficient (Wildman–Crippen LogP) is 17.8. The van der Waals surface area contributed by atoms with Gasteiger partial charge in [-0.1, -0.05) is 172 Å². The Labute approximate surface area is 376 Å². The van der Waals surface area contributed by atoms with Gasteiger partial charge >= 0.3 is 0 Å². The third-order valence-electron chi connectivity index (χ3n) is 12.9. The van der Waals surface area contributed by atoms with Crippen molar-refractivity contribution >= 4 is 64.7 Å². The van der Waals surface area contributed by atoms with Crippen LogP contribution in [0.3, 0.4) is 0 Å². The zero-order chi connectivity index (χ0) is 43.8. The molecule has 0 amide bonds. The first kappa shape index (κ1) is 40.6. The van der Waals surface area contributed by atoms with Crippen LogP contribution in [0.15, 0.2) is 170 Å². The summed E-state index contributed by atoms with van der Waals surface area (Å²) < 4.78 is 5.15. The number of hydrogen-bond acceptors (Lipinski definition) is 2. The highest BCUT2D eigenvalue weighted by molar-refractivity contribution is 7.26. The van der Waals surface area contributed by atoms with Crippen LogP contribution >= 0.6 is 11.3 Å². The van der Waals surface area contributed by atoms with E-state index in [0.717, 1.165) is 22.6 Å². The molecule has 0 aliphatic heterocycles. The zero-order valence-corrected chi connectivity index (χ0v) is 38.8. The minimum absolute atomic E-state index is 0.0130. The highest BCUT2D eigenvalue weighted by atomic mass is 32.1. The maximum atomic E-state index is 3.92. The quantitative estimate of drug-likeness (QED) is 0.177. The van der Waals surface area contributed by atoms with Gasteiger partial charge < -0.3 is 9.88 Å². The Hall–Kier alpha value is -6.42. The first-order valence-electron chi connectivity index (χ1n) is 22.3. The van der Waals surface area contributed by atoms with Crippen molar-refractivity contribution in [3.05, 3.63) is 187 Å². The van der Waals surface area contributed by atoms with Crippen LogP contribution in [0.2, 0.25) is 0 Å². The highest BCUT2D eigenvalue weighted by Crippen LogP contribution is 2.47. The van der Waals surface area contributed by atoms with Gasteiger partial charge in [-0.2, -0.15) is 0 Å². The van der Waals surface area contributed by atoms with Crippen molar-refractivity contribution in [1.29, 1.82) is 0 Å². The number of rotatable bonds is 6. The Kier molecular flexibility index (Phi) is 9.77. The molecule has 0 aliphatic carbocycles. The summed E-state index contributed by atoms with van der Waals surface area (Å²) in [5.41, 5.74) is 17.0. The fourth-order valence-corrected chi connectivity index (χ4v) is 10.5. The predicted molar refractivity (Wildman–Crippen MR) is 276 cm³/mol. The normalized spacial score (nSPS) is 12.5. The molecule has 2 heterocycles. The Morgan fingerprint density at radius 2 is 0.968 bits per heavy atom. The summed E-state index contributed by atoms with van der Waals surface area (Å²) in [4.78, 5) is 0. The summed E-state index contributed by atoms with van der Waals surface area (Å²) in [6, 6.07) is 63.6. The molecule has 0 aliphatic rings. The Balaban J connectivity index is 1.24. The molecule has 3 heteroatoms. The highest BCUT2D eigenvalue weighted by Gasteiger charge is 2.25. The van der Waals surface area contributed by atoms with Crippen molar-refractivity contribution in [2.24, 2.45) is 0 Å². The molecule has 2 aromatic heterocycles. The SMILES string of the molecule is CC(C)(C)c1ccc(Nc2cccc(-c3c(-c4cccc5c4sc4ccccc45)cccc3-n3c4ccc(C(C)(C)C)cc4c4cc(C(C)(C)C)ccc43)c2)c(-c2ccccc2)c1. The molecule has 0 saturated carbocycles. The van der Waals surface area contributed by atoms with Crippen molar-refractivity contribution in [3.63, 3.8) is 0 Å². The molecule has 312 valence electrons. The van der Waals surface area contributed by atoms with Crippen LogP contribution in [-0.2, 0) is 16.2 Å². The lowest BCUT2D eigenvalue weighted by Gasteiger charge is -2.23. The van der Waals surface area contributed by atoms with E-state index < -0.39 is 0 Å². The number of fused-ring (bicyclic) bond motifs is 6. The van der Waals surface area contributed by atoms with Crippen molar-refractivity contribution in [3.8, 4) is 39.1 Å². The first-order valence-corrected chi connectivity index (χ1v) is 23.2. The summed E-state index contributed by atoms with van der Waals surface area (Å²) in [6.45, 7) is 20.7. The van der Waals surface area contributed by atoms with Crippen LogP contribution in [0, 0.1) is 0 Å². The number of nitrogens with one attached hydrogen (secondary N) is 1. The number of nitrogens with zero attached hydrogens (tertiary/aromatic N) is 1. The van der Waals surface area contributed by atoms with E-state index in [2.05, 4.69) is 242 Å². The van der Waals surface area contributed by atoms with Gasteiger partial charge in [-0.05, 0) is 110 Å². The third kappa shape index (κ3) is 7.33. The standard InChI is InChI=1S/C60H56N2S/c1-58(2,3)40-28-31-51(48(35-40)38-18-11-10-12-19-38)61-43-21-15-20-39(34-43)56-45(47-25-16-24-46-44-22-13-14-27-55(44)63-57(46)47)23-17-26-54(56)62-52-32-29-41(59(4,5)6)36-49(52)50-37-42(60(7,8)9)30-33-53(50)62/h10-37,61H,1-9H3. The van der Waals surface area contributed by atoms with E-state index in [1.807, 2.05) is 11.3 Å². The lowest BCUT2D eigenvalue weighted by atomic mass is 9.85. The van der Waals surface area contributed by atoms with Gasteiger partial charge in [0, 0.05) is 59.0 Å². The van der Waals surface area contributed by atoms with Crippen LogP contribution in [-0.4, -0.2) is 4.57 Å². The molecule has 1 N–H and O–H groups in total. The molecule has 8 aromatic carbocycles. The largest absolute Gasteiger partial charge is 0.355 e. The Bertz CT molecular complexity index is 3290. The minimum atomic E-state index is 0.0130. The second kappa shape index (κ2) is 15.1. The molecule has 0 unspecified atom stereocenters. The van der Waals surface area contributed by atoms with E-state index in [1.165, 1.54) is 86.5 Å². The summed E-state index contributed by atoms with van der Waals surface area (Å²) in [7, 11) is 0. The van der Waals surface area contributed by atoms with Gasteiger partial charge in [0.1, 0.15) is 0 Å². The number of benzene rings is 8. The number of thiophene rings is 1. The average molecular weight is 837 g/mol. The molecule has 2 nitrogen and oxygen atoms in total. The van der Waals surface area contributed by atoms with Gasteiger partial charge in [0.15, 0.2) is 0 Å². The van der Waals surface area contributed by atoms with Crippen LogP contribution in [0.1, 0.15) is 79.0 Å². The molecule has 0 atom stereocenters. The molecular weight excluding hydrogens is 781 g/mol. The molecule has 0 bridgehead atoms. The van der Waals surface area contributed by atoms with Crippen LogP contribution in [0.4, 0.5) is 11.4 Å². The van der Waals surface area contributed by atoms with Crippen LogP contribution in [0.5, 0.6) is 0 Å². The van der Waals surface area contributed by atoms with E-state index in [-0.39, 0.29) is 16.2 Å². The third-order valence-corrected chi connectivity index (χ3v) is 14.1. The maximum absolute atomic E-state index is 3.92. The number of anilines is 2. The van der Waals surface area contributed by atoms with Gasteiger partial charge in [0.25, 0.3) is 0 Å². The molecule has 0 radical (unpaired) electrons. The molecule has 10 rings (SSSR count). The van der Waals surface area contributed by atoms with Crippen LogP contribution in [0.25, 0.3) is 81.0 Å². The smallest absolute Gasteiger partial charge is 0.0546 e. The van der Waals surface area contributed by atoms with Gasteiger partial charge in [-0.3, -0.25) is 0 Å². The number of aromatic nitrogens is 1. The minimum Gasteiger partial charge on any atom is -0.355 e. The molecule has 0 spiro atoms.